The first kappa shape index (κ1) is 22.0. The Labute approximate surface area is 183 Å². The number of benzene rings is 2. The van der Waals surface area contributed by atoms with Crippen LogP contribution in [0, 0.1) is 11.6 Å². The van der Waals surface area contributed by atoms with Crippen molar-refractivity contribution in [3.05, 3.63) is 75.1 Å². The maximum absolute atomic E-state index is 14.8. The maximum Gasteiger partial charge on any atom is 0.343 e. The molecule has 0 saturated carbocycles. The van der Waals surface area contributed by atoms with Crippen molar-refractivity contribution in [3.63, 3.8) is 0 Å². The van der Waals surface area contributed by atoms with Crippen LogP contribution in [-0.4, -0.2) is 30.8 Å². The highest BCUT2D eigenvalue weighted by molar-refractivity contribution is 5.99. The first-order valence-corrected chi connectivity index (χ1v) is 10.6. The summed E-state index contributed by atoms with van der Waals surface area (Å²) in [6.45, 7) is 2.86. The number of aromatic nitrogens is 1. The van der Waals surface area contributed by atoms with Gasteiger partial charge in [-0.1, -0.05) is 30.3 Å². The number of esters is 1. The zero-order valence-corrected chi connectivity index (χ0v) is 17.7. The molecule has 2 N–H and O–H groups in total. The second kappa shape index (κ2) is 9.48. The second-order valence-electron chi connectivity index (χ2n) is 7.66. The van der Waals surface area contributed by atoms with Gasteiger partial charge in [-0.3, -0.25) is 4.79 Å². The van der Waals surface area contributed by atoms with Crippen LogP contribution in [0.25, 0.3) is 10.9 Å². The molecular weight excluding hydrogens is 418 g/mol. The van der Waals surface area contributed by atoms with Gasteiger partial charge in [0.2, 0.25) is 5.43 Å². The Balaban J connectivity index is 1.90. The van der Waals surface area contributed by atoms with Crippen LogP contribution in [0.3, 0.4) is 0 Å². The lowest BCUT2D eigenvalue weighted by Crippen LogP contribution is -2.27. The predicted octanol–water partition coefficient (Wildman–Crippen LogP) is 4.49. The normalized spacial score (nSPS) is 14.5. The van der Waals surface area contributed by atoms with Gasteiger partial charge in [0, 0.05) is 37.4 Å². The largest absolute Gasteiger partial charge is 0.462 e. The first-order valence-electron chi connectivity index (χ1n) is 10.6. The molecule has 0 atom stereocenters. The van der Waals surface area contributed by atoms with E-state index in [9.17, 15) is 18.4 Å². The van der Waals surface area contributed by atoms with Crippen molar-refractivity contribution < 1.29 is 23.0 Å². The van der Waals surface area contributed by atoms with Gasteiger partial charge in [-0.2, -0.15) is 0 Å². The minimum absolute atomic E-state index is 0.0838. The fraction of sp³-hybridized carbons (Fsp3) is 0.333. The highest BCUT2D eigenvalue weighted by Crippen LogP contribution is 2.32. The maximum atomic E-state index is 14.8. The molecule has 1 saturated heterocycles. The number of hydrogen-bond acceptors (Lipinski definition) is 5. The lowest BCUT2D eigenvalue weighted by atomic mass is 9.91. The van der Waals surface area contributed by atoms with Gasteiger partial charge in [-0.25, -0.2) is 13.6 Å². The number of nitrogens with one attached hydrogen (secondary N) is 2. The Morgan fingerprint density at radius 3 is 2.62 bits per heavy atom. The van der Waals surface area contributed by atoms with Gasteiger partial charge in [0.15, 0.2) is 11.6 Å². The van der Waals surface area contributed by atoms with Crippen LogP contribution in [-0.2, 0) is 16.0 Å². The topological polar surface area (TPSA) is 80.4 Å². The summed E-state index contributed by atoms with van der Waals surface area (Å²) in [6.07, 6.45) is 1.19. The number of halogens is 2. The molecule has 3 aromatic rings. The second-order valence-corrected chi connectivity index (χ2v) is 7.66. The van der Waals surface area contributed by atoms with Crippen molar-refractivity contribution in [2.45, 2.75) is 32.2 Å². The van der Waals surface area contributed by atoms with E-state index < -0.39 is 23.0 Å². The van der Waals surface area contributed by atoms with Crippen molar-refractivity contribution in [2.24, 2.45) is 0 Å². The molecule has 0 radical (unpaired) electrons. The van der Waals surface area contributed by atoms with E-state index in [2.05, 4.69) is 10.3 Å². The van der Waals surface area contributed by atoms with Gasteiger partial charge in [0.25, 0.3) is 0 Å². The summed E-state index contributed by atoms with van der Waals surface area (Å²) in [5, 5.41) is 2.73. The number of carbonyl (C=O) groups is 1. The van der Waals surface area contributed by atoms with Crippen LogP contribution in [0.4, 0.5) is 14.5 Å². The highest BCUT2D eigenvalue weighted by atomic mass is 19.2. The molecule has 8 heteroatoms. The van der Waals surface area contributed by atoms with E-state index in [0.717, 1.165) is 11.6 Å². The van der Waals surface area contributed by atoms with E-state index in [1.165, 1.54) is 0 Å². The SMILES string of the molecule is CCOC(=O)c1c(C2CCOCC2)[nH]c2cc(F)c(F)c(NCc3ccccc3)c2c1=O. The number of hydrogen-bond donors (Lipinski definition) is 2. The average Bonchev–Trinajstić information content (AvgIpc) is 2.81. The zero-order chi connectivity index (χ0) is 22.7. The van der Waals surface area contributed by atoms with Crippen molar-refractivity contribution >= 4 is 22.6 Å². The minimum atomic E-state index is -1.17. The standard InChI is InChI=1S/C24H24F2N2O4/c1-2-32-24(30)19-21(15-8-10-31-11-9-15)28-17-12-16(25)20(26)22(18(17)23(19)29)27-13-14-6-4-3-5-7-14/h3-7,12,15,27H,2,8-11,13H2,1H3,(H,28,29). The number of pyridine rings is 1. The van der Waals surface area contributed by atoms with E-state index in [1.54, 1.807) is 6.92 Å². The Kier molecular flexibility index (Phi) is 6.50. The molecule has 4 rings (SSSR count). The van der Waals surface area contributed by atoms with Gasteiger partial charge in [0.05, 0.1) is 23.2 Å². The van der Waals surface area contributed by atoms with Crippen LogP contribution in [0.2, 0.25) is 0 Å². The predicted molar refractivity (Wildman–Crippen MR) is 117 cm³/mol. The van der Waals surface area contributed by atoms with Crippen LogP contribution < -0.4 is 10.7 Å². The summed E-state index contributed by atoms with van der Waals surface area (Å²) in [7, 11) is 0. The summed E-state index contributed by atoms with van der Waals surface area (Å²) in [6, 6.07) is 10.1. The summed E-state index contributed by atoms with van der Waals surface area (Å²) < 4.78 is 39.8. The summed E-state index contributed by atoms with van der Waals surface area (Å²) in [5.74, 6) is -3.21. The van der Waals surface area contributed by atoms with Crippen LogP contribution in [0.1, 0.15) is 47.3 Å². The highest BCUT2D eigenvalue weighted by Gasteiger charge is 2.29. The molecule has 1 aromatic heterocycles. The summed E-state index contributed by atoms with van der Waals surface area (Å²) in [4.78, 5) is 29.3. The molecule has 6 nitrogen and oxygen atoms in total. The number of carbonyl (C=O) groups excluding carboxylic acids is 1. The molecule has 0 bridgehead atoms. The average molecular weight is 442 g/mol. The monoisotopic (exact) mass is 442 g/mol. The number of aromatic amines is 1. The minimum Gasteiger partial charge on any atom is -0.462 e. The molecule has 0 amide bonds. The Morgan fingerprint density at radius 1 is 1.22 bits per heavy atom. The summed E-state index contributed by atoms with van der Waals surface area (Å²) in [5.41, 5.74) is 0.191. The molecule has 1 aliphatic heterocycles. The Bertz CT molecular complexity index is 1190. The number of fused-ring (bicyclic) bond motifs is 1. The first-order chi connectivity index (χ1) is 15.5. The number of H-pyrrole nitrogens is 1. The summed E-state index contributed by atoms with van der Waals surface area (Å²) >= 11 is 0. The molecule has 168 valence electrons. The Morgan fingerprint density at radius 2 is 1.94 bits per heavy atom. The van der Waals surface area contributed by atoms with Gasteiger partial charge >= 0.3 is 5.97 Å². The number of ether oxygens (including phenoxy) is 2. The van der Waals surface area contributed by atoms with Crippen LogP contribution in [0.5, 0.6) is 0 Å². The Hall–Kier alpha value is -3.26. The molecule has 0 spiro atoms. The lowest BCUT2D eigenvalue weighted by Gasteiger charge is -2.24. The third-order valence-corrected chi connectivity index (χ3v) is 5.63. The van der Waals surface area contributed by atoms with Crippen LogP contribution >= 0.6 is 0 Å². The smallest absolute Gasteiger partial charge is 0.343 e. The third kappa shape index (κ3) is 4.23. The van der Waals surface area contributed by atoms with Crippen molar-refractivity contribution in [1.29, 1.82) is 0 Å². The molecule has 1 fully saturated rings. The molecule has 32 heavy (non-hydrogen) atoms. The molecule has 2 heterocycles. The third-order valence-electron chi connectivity index (χ3n) is 5.63. The molecule has 2 aromatic carbocycles. The van der Waals surface area contributed by atoms with E-state index in [-0.39, 0.29) is 41.2 Å². The fourth-order valence-electron chi connectivity index (χ4n) is 4.07. The van der Waals surface area contributed by atoms with Crippen molar-refractivity contribution in [1.82, 2.24) is 4.98 Å². The van der Waals surface area contributed by atoms with Gasteiger partial charge in [-0.15, -0.1) is 0 Å². The van der Waals surface area contributed by atoms with Gasteiger partial charge in [-0.05, 0) is 25.3 Å². The molecular formula is C24H24F2N2O4. The van der Waals surface area contributed by atoms with Crippen molar-refractivity contribution in [3.8, 4) is 0 Å². The molecule has 0 unspecified atom stereocenters. The molecule has 1 aliphatic rings. The van der Waals surface area contributed by atoms with Gasteiger partial charge in [0.1, 0.15) is 5.56 Å². The molecule has 0 aliphatic carbocycles. The number of rotatable bonds is 6. The van der Waals surface area contributed by atoms with E-state index >= 15 is 0 Å². The zero-order valence-electron chi connectivity index (χ0n) is 17.7. The lowest BCUT2D eigenvalue weighted by molar-refractivity contribution is 0.0517. The van der Waals surface area contributed by atoms with E-state index in [4.69, 9.17) is 9.47 Å². The van der Waals surface area contributed by atoms with Gasteiger partial charge < -0.3 is 19.8 Å². The van der Waals surface area contributed by atoms with E-state index in [1.807, 2.05) is 30.3 Å². The fourth-order valence-corrected chi connectivity index (χ4v) is 4.07. The quantitative estimate of drug-likeness (QED) is 0.550. The number of anilines is 1. The van der Waals surface area contributed by atoms with Crippen LogP contribution in [0.15, 0.2) is 41.2 Å². The van der Waals surface area contributed by atoms with Crippen molar-refractivity contribution in [2.75, 3.05) is 25.1 Å². The van der Waals surface area contributed by atoms with E-state index in [0.29, 0.717) is 31.7 Å².